The Labute approximate surface area is 118 Å². The minimum Gasteiger partial charge on any atom is -0.353 e. The van der Waals surface area contributed by atoms with Gasteiger partial charge in [-0.25, -0.2) is 0 Å². The second kappa shape index (κ2) is 12.3. The molecule has 0 aliphatic carbocycles. The van der Waals surface area contributed by atoms with Crippen LogP contribution >= 0.6 is 11.6 Å². The molecule has 3 heteroatoms. The van der Waals surface area contributed by atoms with E-state index in [4.69, 9.17) is 21.1 Å². The predicted octanol–water partition coefficient (Wildman–Crippen LogP) is 5.14. The third-order valence-corrected chi connectivity index (χ3v) is 3.86. The van der Waals surface area contributed by atoms with Crippen LogP contribution in [-0.2, 0) is 9.47 Å². The Morgan fingerprint density at radius 1 is 0.778 bits per heavy atom. The number of hydrogen-bond donors (Lipinski definition) is 0. The van der Waals surface area contributed by atoms with Gasteiger partial charge in [0.25, 0.3) is 0 Å². The van der Waals surface area contributed by atoms with Crippen LogP contribution in [-0.4, -0.2) is 25.9 Å². The topological polar surface area (TPSA) is 18.5 Å². The molecule has 0 bridgehead atoms. The zero-order valence-corrected chi connectivity index (χ0v) is 13.2. The Morgan fingerprint density at radius 3 is 1.78 bits per heavy atom. The fourth-order valence-corrected chi connectivity index (χ4v) is 2.44. The molecule has 0 fully saturated rings. The maximum atomic E-state index is 5.74. The minimum atomic E-state index is -0.404. The molecule has 0 N–H and O–H groups in total. The standard InChI is InChI=1S/C15H31ClO2/c1-4-5-6-7-8-9-10-12-15(17-2,18-3)13-11-14-16/h4-14H2,1-3H3. The average molecular weight is 279 g/mol. The third-order valence-electron chi connectivity index (χ3n) is 3.60. The van der Waals surface area contributed by atoms with Crippen LogP contribution in [0.15, 0.2) is 0 Å². The van der Waals surface area contributed by atoms with Crippen molar-refractivity contribution >= 4 is 11.6 Å². The van der Waals surface area contributed by atoms with Crippen molar-refractivity contribution in [3.63, 3.8) is 0 Å². The third kappa shape index (κ3) is 8.34. The van der Waals surface area contributed by atoms with Gasteiger partial charge in [0.1, 0.15) is 0 Å². The lowest BCUT2D eigenvalue weighted by Crippen LogP contribution is -2.33. The van der Waals surface area contributed by atoms with E-state index in [-0.39, 0.29) is 0 Å². The van der Waals surface area contributed by atoms with Gasteiger partial charge in [0, 0.05) is 32.9 Å². The molecule has 0 aromatic heterocycles. The number of methoxy groups -OCH3 is 2. The van der Waals surface area contributed by atoms with E-state index in [1.54, 1.807) is 14.2 Å². The summed E-state index contributed by atoms with van der Waals surface area (Å²) in [6.45, 7) is 2.25. The molecule has 0 rings (SSSR count). The van der Waals surface area contributed by atoms with E-state index in [9.17, 15) is 0 Å². The second-order valence-corrected chi connectivity index (χ2v) is 5.36. The van der Waals surface area contributed by atoms with Crippen LogP contribution in [0.2, 0.25) is 0 Å². The molecule has 0 spiro atoms. The van der Waals surface area contributed by atoms with Gasteiger partial charge in [-0.05, 0) is 12.8 Å². The Morgan fingerprint density at radius 2 is 1.28 bits per heavy atom. The quantitative estimate of drug-likeness (QED) is 0.264. The monoisotopic (exact) mass is 278 g/mol. The van der Waals surface area contributed by atoms with E-state index >= 15 is 0 Å². The zero-order chi connectivity index (χ0) is 13.7. The van der Waals surface area contributed by atoms with E-state index in [1.807, 2.05) is 0 Å². The molecule has 0 unspecified atom stereocenters. The fraction of sp³-hybridized carbons (Fsp3) is 1.00. The highest BCUT2D eigenvalue weighted by molar-refractivity contribution is 6.17. The predicted molar refractivity (Wildman–Crippen MR) is 79.3 cm³/mol. The Kier molecular flexibility index (Phi) is 12.4. The molecule has 0 aliphatic rings. The Bertz CT molecular complexity index is 170. The first-order valence-corrected chi connectivity index (χ1v) is 7.94. The molecule has 0 radical (unpaired) electrons. The number of ether oxygens (including phenoxy) is 2. The highest BCUT2D eigenvalue weighted by Gasteiger charge is 2.27. The van der Waals surface area contributed by atoms with Crippen LogP contribution in [0.25, 0.3) is 0 Å². The lowest BCUT2D eigenvalue weighted by atomic mass is 10.0. The highest BCUT2D eigenvalue weighted by atomic mass is 35.5. The lowest BCUT2D eigenvalue weighted by molar-refractivity contribution is -0.215. The summed E-state index contributed by atoms with van der Waals surface area (Å²) < 4.78 is 11.1. The van der Waals surface area contributed by atoms with Crippen LogP contribution in [0.1, 0.15) is 71.1 Å². The second-order valence-electron chi connectivity index (χ2n) is 4.98. The summed E-state index contributed by atoms with van der Waals surface area (Å²) in [5.74, 6) is 0.268. The molecule has 0 saturated carbocycles. The van der Waals surface area contributed by atoms with Crippen molar-refractivity contribution in [3.05, 3.63) is 0 Å². The molecule has 0 atom stereocenters. The van der Waals surface area contributed by atoms with Crippen molar-refractivity contribution < 1.29 is 9.47 Å². The molecular formula is C15H31ClO2. The number of rotatable bonds is 13. The molecular weight excluding hydrogens is 248 g/mol. The smallest absolute Gasteiger partial charge is 0.167 e. The van der Waals surface area contributed by atoms with Crippen LogP contribution in [0.4, 0.5) is 0 Å². The van der Waals surface area contributed by atoms with Gasteiger partial charge in [0.2, 0.25) is 0 Å². The van der Waals surface area contributed by atoms with Gasteiger partial charge in [-0.2, -0.15) is 0 Å². The van der Waals surface area contributed by atoms with Gasteiger partial charge in [-0.3, -0.25) is 0 Å². The molecule has 0 saturated heterocycles. The molecule has 18 heavy (non-hydrogen) atoms. The highest BCUT2D eigenvalue weighted by Crippen LogP contribution is 2.26. The van der Waals surface area contributed by atoms with Gasteiger partial charge in [0.15, 0.2) is 5.79 Å². The summed E-state index contributed by atoms with van der Waals surface area (Å²) in [5.41, 5.74) is 0. The van der Waals surface area contributed by atoms with Crippen molar-refractivity contribution in [2.45, 2.75) is 76.9 Å². The van der Waals surface area contributed by atoms with E-state index in [2.05, 4.69) is 6.92 Å². The normalized spacial score (nSPS) is 12.0. The first-order valence-electron chi connectivity index (χ1n) is 7.41. The van der Waals surface area contributed by atoms with E-state index in [0.29, 0.717) is 5.88 Å². The van der Waals surface area contributed by atoms with Crippen LogP contribution < -0.4 is 0 Å². The van der Waals surface area contributed by atoms with Gasteiger partial charge in [-0.15, -0.1) is 11.6 Å². The van der Waals surface area contributed by atoms with Crippen molar-refractivity contribution in [1.82, 2.24) is 0 Å². The number of unbranched alkanes of at least 4 members (excludes halogenated alkanes) is 6. The summed E-state index contributed by atoms with van der Waals surface area (Å²) in [6, 6.07) is 0. The minimum absolute atomic E-state index is 0.404. The van der Waals surface area contributed by atoms with Gasteiger partial charge < -0.3 is 9.47 Å². The first kappa shape index (κ1) is 18.2. The van der Waals surface area contributed by atoms with Crippen molar-refractivity contribution in [2.24, 2.45) is 0 Å². The largest absolute Gasteiger partial charge is 0.353 e. The van der Waals surface area contributed by atoms with Crippen molar-refractivity contribution in [2.75, 3.05) is 20.1 Å². The fourth-order valence-electron chi connectivity index (χ4n) is 2.30. The first-order chi connectivity index (χ1) is 8.74. The van der Waals surface area contributed by atoms with E-state index in [1.165, 1.54) is 44.9 Å². The summed E-state index contributed by atoms with van der Waals surface area (Å²) in [5, 5.41) is 0. The van der Waals surface area contributed by atoms with Crippen LogP contribution in [0.5, 0.6) is 0 Å². The van der Waals surface area contributed by atoms with E-state index in [0.717, 1.165) is 19.3 Å². The molecule has 0 aliphatic heterocycles. The number of hydrogen-bond acceptors (Lipinski definition) is 2. The lowest BCUT2D eigenvalue weighted by Gasteiger charge is -2.31. The Balaban J connectivity index is 3.69. The van der Waals surface area contributed by atoms with Crippen LogP contribution in [0.3, 0.4) is 0 Å². The van der Waals surface area contributed by atoms with Gasteiger partial charge >= 0.3 is 0 Å². The van der Waals surface area contributed by atoms with Gasteiger partial charge in [0.05, 0.1) is 0 Å². The molecule has 2 nitrogen and oxygen atoms in total. The number of halogens is 1. The average Bonchev–Trinajstić information content (AvgIpc) is 2.42. The summed E-state index contributed by atoms with van der Waals surface area (Å²) in [4.78, 5) is 0. The van der Waals surface area contributed by atoms with Crippen molar-refractivity contribution in [3.8, 4) is 0 Å². The van der Waals surface area contributed by atoms with E-state index < -0.39 is 5.79 Å². The molecule has 0 aromatic rings. The summed E-state index contributed by atoms with van der Waals surface area (Å²) >= 11 is 5.74. The molecule has 0 amide bonds. The number of alkyl halides is 1. The van der Waals surface area contributed by atoms with Crippen LogP contribution in [0, 0.1) is 0 Å². The van der Waals surface area contributed by atoms with Gasteiger partial charge in [-0.1, -0.05) is 45.4 Å². The molecule has 110 valence electrons. The summed E-state index contributed by atoms with van der Waals surface area (Å²) in [6.07, 6.45) is 12.0. The van der Waals surface area contributed by atoms with Crippen molar-refractivity contribution in [1.29, 1.82) is 0 Å². The zero-order valence-electron chi connectivity index (χ0n) is 12.5. The molecule has 0 heterocycles. The Hall–Kier alpha value is 0.210. The molecule has 0 aromatic carbocycles. The summed E-state index contributed by atoms with van der Waals surface area (Å²) in [7, 11) is 3.47. The maximum absolute atomic E-state index is 5.74. The maximum Gasteiger partial charge on any atom is 0.167 e. The SMILES string of the molecule is CCCCCCCCCC(CCCCl)(OC)OC.